The number of hydrogen-bond donors (Lipinski definition) is 1. The predicted molar refractivity (Wildman–Crippen MR) is 158 cm³/mol. The highest BCUT2D eigenvalue weighted by atomic mass is 35.5. The molecule has 0 spiro atoms. The largest absolute Gasteiger partial charge is 0.507 e. The number of rotatable bonds is 7. The number of aliphatic imine (C=N–C) groups is 1. The Morgan fingerprint density at radius 2 is 2.05 bits per heavy atom. The van der Waals surface area contributed by atoms with Gasteiger partial charge in [0.15, 0.2) is 5.82 Å². The average molecular weight is 579 g/mol. The summed E-state index contributed by atoms with van der Waals surface area (Å²) in [7, 11) is 1.62. The Labute approximate surface area is 243 Å². The molecule has 0 radical (unpaired) electrons. The number of carbonyl (C=O) groups excluding carboxylic acids is 2. The van der Waals surface area contributed by atoms with Gasteiger partial charge in [0, 0.05) is 38.9 Å². The molecule has 1 N–H and O–H groups in total. The van der Waals surface area contributed by atoms with Gasteiger partial charge in [0.05, 0.1) is 33.2 Å². The topological polar surface area (TPSA) is 102 Å². The lowest BCUT2D eigenvalue weighted by molar-refractivity contribution is -0.128. The summed E-state index contributed by atoms with van der Waals surface area (Å²) in [5, 5.41) is 10.6. The highest BCUT2D eigenvalue weighted by Crippen LogP contribution is 2.40. The van der Waals surface area contributed by atoms with Gasteiger partial charge in [-0.3, -0.25) is 24.5 Å². The monoisotopic (exact) mass is 578 g/mol. The second-order valence-corrected chi connectivity index (χ2v) is 10.3. The minimum absolute atomic E-state index is 0.0331. The van der Waals surface area contributed by atoms with Crippen molar-refractivity contribution in [3.05, 3.63) is 77.3 Å². The van der Waals surface area contributed by atoms with Crippen LogP contribution in [0.25, 0.3) is 11.3 Å². The number of aromatic nitrogens is 2. The van der Waals surface area contributed by atoms with Gasteiger partial charge < -0.3 is 14.9 Å². The van der Waals surface area contributed by atoms with E-state index >= 15 is 0 Å². The summed E-state index contributed by atoms with van der Waals surface area (Å²) >= 11 is 6.72. The lowest BCUT2D eigenvalue weighted by Gasteiger charge is -2.41. The third-order valence-corrected chi connectivity index (χ3v) is 7.27. The van der Waals surface area contributed by atoms with Crippen molar-refractivity contribution >= 4 is 41.3 Å². The number of piperazine rings is 1. The van der Waals surface area contributed by atoms with Gasteiger partial charge in [-0.05, 0) is 49.2 Å². The van der Waals surface area contributed by atoms with Crippen LogP contribution in [0.1, 0.15) is 37.9 Å². The minimum Gasteiger partial charge on any atom is -0.507 e. The molecule has 1 unspecified atom stereocenters. The van der Waals surface area contributed by atoms with E-state index in [-0.39, 0.29) is 45.7 Å². The van der Waals surface area contributed by atoms with Crippen LogP contribution in [0.5, 0.6) is 5.75 Å². The van der Waals surface area contributed by atoms with Crippen LogP contribution in [0, 0.1) is 5.82 Å². The van der Waals surface area contributed by atoms with E-state index in [0.717, 1.165) is 0 Å². The quantitative estimate of drug-likeness (QED) is 0.180. The summed E-state index contributed by atoms with van der Waals surface area (Å²) in [6.07, 6.45) is 3.55. The molecule has 9 nitrogen and oxygen atoms in total. The summed E-state index contributed by atoms with van der Waals surface area (Å²) in [6.45, 7) is 10.8. The molecule has 1 aromatic carbocycles. The normalized spacial score (nSPS) is 15.7. The number of aromatic hydroxyl groups is 1. The molecule has 3 aromatic rings. The van der Waals surface area contributed by atoms with Crippen molar-refractivity contribution in [3.8, 4) is 17.0 Å². The van der Waals surface area contributed by atoms with E-state index < -0.39 is 5.82 Å². The van der Waals surface area contributed by atoms with Gasteiger partial charge in [0.2, 0.25) is 12.3 Å². The fourth-order valence-corrected chi connectivity index (χ4v) is 5.28. The van der Waals surface area contributed by atoms with Crippen molar-refractivity contribution in [2.75, 3.05) is 31.6 Å². The summed E-state index contributed by atoms with van der Waals surface area (Å²) in [5.74, 6) is -0.639. The van der Waals surface area contributed by atoms with Gasteiger partial charge in [-0.25, -0.2) is 9.37 Å². The molecule has 3 heterocycles. The van der Waals surface area contributed by atoms with Crippen molar-refractivity contribution in [1.29, 1.82) is 0 Å². The van der Waals surface area contributed by atoms with E-state index in [0.29, 0.717) is 48.8 Å². The third kappa shape index (κ3) is 5.78. The smallest absolute Gasteiger partial charge is 0.246 e. The Balaban J connectivity index is 1.95. The second kappa shape index (κ2) is 12.5. The summed E-state index contributed by atoms with van der Waals surface area (Å²) in [5.41, 5.74) is 1.33. The molecular formula is C30H32ClFN6O3. The maximum absolute atomic E-state index is 15.0. The molecule has 41 heavy (non-hydrogen) atoms. The number of phenols is 1. The molecule has 2 aromatic heterocycles. The second-order valence-electron chi connectivity index (χ2n) is 9.94. The van der Waals surface area contributed by atoms with Crippen molar-refractivity contribution < 1.29 is 19.1 Å². The summed E-state index contributed by atoms with van der Waals surface area (Å²) in [6, 6.07) is 8.79. The summed E-state index contributed by atoms with van der Waals surface area (Å²) < 4.78 is 15.0. The molecule has 0 bridgehead atoms. The molecule has 1 aliphatic heterocycles. The number of amides is 2. The van der Waals surface area contributed by atoms with E-state index in [1.807, 2.05) is 25.7 Å². The van der Waals surface area contributed by atoms with Gasteiger partial charge in [-0.2, -0.15) is 0 Å². The maximum atomic E-state index is 15.0. The van der Waals surface area contributed by atoms with Gasteiger partial charge in [0.1, 0.15) is 17.4 Å². The number of benzene rings is 1. The Morgan fingerprint density at radius 3 is 2.66 bits per heavy atom. The van der Waals surface area contributed by atoms with Crippen molar-refractivity contribution in [2.24, 2.45) is 4.99 Å². The van der Waals surface area contributed by atoms with E-state index in [9.17, 15) is 19.1 Å². The van der Waals surface area contributed by atoms with Crippen LogP contribution in [0.15, 0.2) is 60.2 Å². The highest BCUT2D eigenvalue weighted by Gasteiger charge is 2.32. The van der Waals surface area contributed by atoms with Crippen LogP contribution in [-0.4, -0.2) is 75.8 Å². The van der Waals surface area contributed by atoms with Gasteiger partial charge in [-0.1, -0.05) is 38.1 Å². The highest BCUT2D eigenvalue weighted by molar-refractivity contribution is 6.33. The zero-order chi connectivity index (χ0) is 29.8. The number of anilines is 2. The fourth-order valence-electron chi connectivity index (χ4n) is 5.03. The molecule has 2 amide bonds. The standard InChI is InChI=1S/C30H32ClFN6O3/c1-6-25(41)36-13-14-37(19(4)16-36)29(33-5)20-15-21(31)28(26-22(32)9-7-11-24(26)40)35-30(20)38(17-39)23-10-8-12-34-27(23)18(2)3/h6-12,15,17-19,40H,1,13-14,16H2,2-5H3/b33-29+. The number of amidine groups is 1. The van der Waals surface area contributed by atoms with Crippen LogP contribution in [0.4, 0.5) is 15.9 Å². The zero-order valence-electron chi connectivity index (χ0n) is 23.4. The molecule has 1 fully saturated rings. The molecule has 11 heteroatoms. The first kappa shape index (κ1) is 29.7. The third-order valence-electron chi connectivity index (χ3n) is 6.98. The molecule has 1 aliphatic rings. The SMILES string of the molecule is C=CC(=O)N1CCN(/C(=N/C)c2cc(Cl)c(-c3c(O)cccc3F)nc2N(C=O)c2cccnc2C(C)C)C(C)C1. The Morgan fingerprint density at radius 1 is 1.29 bits per heavy atom. The fraction of sp³-hybridized carbons (Fsp3) is 0.300. The summed E-state index contributed by atoms with van der Waals surface area (Å²) in [4.78, 5) is 43.9. The van der Waals surface area contributed by atoms with Crippen LogP contribution in [0.2, 0.25) is 5.02 Å². The van der Waals surface area contributed by atoms with E-state index in [1.54, 1.807) is 36.3 Å². The molecule has 1 saturated heterocycles. The lowest BCUT2D eigenvalue weighted by atomic mass is 10.0. The average Bonchev–Trinajstić information content (AvgIpc) is 2.95. The Kier molecular flexibility index (Phi) is 9.02. The van der Waals surface area contributed by atoms with E-state index in [4.69, 9.17) is 16.6 Å². The molecule has 4 rings (SSSR count). The molecular weight excluding hydrogens is 547 g/mol. The van der Waals surface area contributed by atoms with Crippen LogP contribution >= 0.6 is 11.6 Å². The first-order valence-electron chi connectivity index (χ1n) is 13.2. The number of pyridine rings is 2. The zero-order valence-corrected chi connectivity index (χ0v) is 24.1. The van der Waals surface area contributed by atoms with E-state index in [2.05, 4.69) is 16.6 Å². The Bertz CT molecular complexity index is 1490. The van der Waals surface area contributed by atoms with Crippen molar-refractivity contribution in [2.45, 2.75) is 32.7 Å². The number of halogens is 2. The molecule has 0 saturated carbocycles. The first-order chi connectivity index (χ1) is 19.6. The minimum atomic E-state index is -0.721. The Hall–Kier alpha value is -4.31. The van der Waals surface area contributed by atoms with Gasteiger partial charge in [-0.15, -0.1) is 0 Å². The number of nitrogens with zero attached hydrogens (tertiary/aromatic N) is 6. The van der Waals surface area contributed by atoms with Crippen LogP contribution in [-0.2, 0) is 9.59 Å². The number of hydrogen-bond acceptors (Lipinski definition) is 6. The number of phenolic OH excluding ortho intramolecular Hbond substituents is 1. The number of carbonyl (C=O) groups is 2. The van der Waals surface area contributed by atoms with Gasteiger partial charge >= 0.3 is 0 Å². The van der Waals surface area contributed by atoms with E-state index in [1.165, 1.54) is 29.2 Å². The van der Waals surface area contributed by atoms with Crippen molar-refractivity contribution in [3.63, 3.8) is 0 Å². The van der Waals surface area contributed by atoms with Crippen LogP contribution < -0.4 is 4.90 Å². The predicted octanol–water partition coefficient (Wildman–Crippen LogP) is 5.15. The van der Waals surface area contributed by atoms with Crippen molar-refractivity contribution in [1.82, 2.24) is 19.8 Å². The van der Waals surface area contributed by atoms with Gasteiger partial charge in [0.25, 0.3) is 0 Å². The lowest BCUT2D eigenvalue weighted by Crippen LogP contribution is -2.55. The maximum Gasteiger partial charge on any atom is 0.246 e. The molecule has 214 valence electrons. The van der Waals surface area contributed by atoms with Crippen LogP contribution in [0.3, 0.4) is 0 Å². The molecule has 0 aliphatic carbocycles. The first-order valence-corrected chi connectivity index (χ1v) is 13.5. The molecule has 1 atom stereocenters.